The number of aryl methyl sites for hydroxylation is 2. The molecule has 1 N–H and O–H groups in total. The van der Waals surface area contributed by atoms with Crippen LogP contribution in [-0.2, 0) is 0 Å². The van der Waals surface area contributed by atoms with E-state index in [2.05, 4.69) is 32.0 Å². The largest absolute Gasteiger partial charge is 0.388 e. The molecule has 0 heterocycles. The van der Waals surface area contributed by atoms with E-state index in [9.17, 15) is 5.11 Å². The molecule has 1 nitrogen and oxygen atoms in total. The van der Waals surface area contributed by atoms with Gasteiger partial charge in [0.05, 0.1) is 6.10 Å². The fraction of sp³-hybridized carbons (Fsp3) is 0.600. The van der Waals surface area contributed by atoms with Gasteiger partial charge in [-0.3, -0.25) is 0 Å². The van der Waals surface area contributed by atoms with Gasteiger partial charge in [0.25, 0.3) is 0 Å². The summed E-state index contributed by atoms with van der Waals surface area (Å²) in [6.07, 6.45) is 5.11. The molecule has 1 aliphatic carbocycles. The van der Waals surface area contributed by atoms with E-state index in [4.69, 9.17) is 0 Å². The second kappa shape index (κ2) is 5.92. The van der Waals surface area contributed by atoms with Crippen molar-refractivity contribution in [2.45, 2.75) is 50.9 Å². The second-order valence-electron chi connectivity index (χ2n) is 5.12. The smallest absolute Gasteiger partial charge is 0.0883 e. The number of hydrogen-bond acceptors (Lipinski definition) is 2. The summed E-state index contributed by atoms with van der Waals surface area (Å²) in [6.45, 7) is 4.16. The minimum absolute atomic E-state index is 0.305. The van der Waals surface area contributed by atoms with Crippen LogP contribution in [0.4, 0.5) is 0 Å². The van der Waals surface area contributed by atoms with Gasteiger partial charge in [0.1, 0.15) is 0 Å². The van der Waals surface area contributed by atoms with Crippen molar-refractivity contribution in [3.8, 4) is 0 Å². The molecule has 1 saturated carbocycles. The van der Waals surface area contributed by atoms with Gasteiger partial charge in [-0.2, -0.15) is 11.8 Å². The molecule has 1 unspecified atom stereocenters. The Morgan fingerprint density at radius 1 is 1.29 bits per heavy atom. The van der Waals surface area contributed by atoms with E-state index in [1.807, 2.05) is 11.8 Å². The van der Waals surface area contributed by atoms with E-state index in [1.165, 1.54) is 36.8 Å². The molecule has 17 heavy (non-hydrogen) atoms. The lowest BCUT2D eigenvalue weighted by molar-refractivity contribution is 0.203. The minimum atomic E-state index is -0.305. The van der Waals surface area contributed by atoms with Crippen molar-refractivity contribution in [1.29, 1.82) is 0 Å². The molecule has 0 radical (unpaired) electrons. The van der Waals surface area contributed by atoms with Gasteiger partial charge in [-0.05, 0) is 37.8 Å². The molecular formula is C15H22OS. The molecule has 0 aromatic heterocycles. The highest BCUT2D eigenvalue weighted by Crippen LogP contribution is 2.32. The average Bonchev–Trinajstić information content (AvgIpc) is 2.82. The molecule has 0 saturated heterocycles. The Kier molecular flexibility index (Phi) is 4.52. The van der Waals surface area contributed by atoms with Gasteiger partial charge in [-0.1, -0.05) is 36.6 Å². The van der Waals surface area contributed by atoms with E-state index in [0.29, 0.717) is 0 Å². The third kappa shape index (κ3) is 3.49. The van der Waals surface area contributed by atoms with Crippen LogP contribution in [0.15, 0.2) is 18.2 Å². The Morgan fingerprint density at radius 2 is 2.00 bits per heavy atom. The molecule has 1 fully saturated rings. The van der Waals surface area contributed by atoms with Gasteiger partial charge in [0, 0.05) is 11.0 Å². The van der Waals surface area contributed by atoms with Crippen molar-refractivity contribution < 1.29 is 5.11 Å². The van der Waals surface area contributed by atoms with Crippen molar-refractivity contribution >= 4 is 11.8 Å². The number of hydrogen-bond donors (Lipinski definition) is 1. The molecule has 94 valence electrons. The summed E-state index contributed by atoms with van der Waals surface area (Å²) in [4.78, 5) is 0. The van der Waals surface area contributed by atoms with Crippen LogP contribution in [0.5, 0.6) is 0 Å². The zero-order valence-corrected chi connectivity index (χ0v) is 11.6. The van der Waals surface area contributed by atoms with Crippen LogP contribution in [0.2, 0.25) is 0 Å². The first kappa shape index (κ1) is 13.0. The number of benzene rings is 1. The third-order valence-electron chi connectivity index (χ3n) is 3.59. The van der Waals surface area contributed by atoms with E-state index in [1.54, 1.807) is 0 Å². The van der Waals surface area contributed by atoms with Gasteiger partial charge in [-0.15, -0.1) is 0 Å². The Morgan fingerprint density at radius 3 is 2.71 bits per heavy atom. The summed E-state index contributed by atoms with van der Waals surface area (Å²) < 4.78 is 0. The standard InChI is InChI=1S/C15H22OS/c1-11-7-8-12(2)14(9-11)15(16)10-17-13-5-3-4-6-13/h7-9,13,15-16H,3-6,10H2,1-2H3. The van der Waals surface area contributed by atoms with E-state index in [-0.39, 0.29) is 6.10 Å². The van der Waals surface area contributed by atoms with Gasteiger partial charge in [0.15, 0.2) is 0 Å². The first-order chi connectivity index (χ1) is 8.16. The Labute approximate surface area is 109 Å². The monoisotopic (exact) mass is 250 g/mol. The molecule has 0 amide bonds. The zero-order valence-electron chi connectivity index (χ0n) is 10.8. The van der Waals surface area contributed by atoms with Crippen molar-refractivity contribution in [3.63, 3.8) is 0 Å². The summed E-state index contributed by atoms with van der Waals surface area (Å²) in [7, 11) is 0. The second-order valence-corrected chi connectivity index (χ2v) is 6.45. The normalized spacial score (nSPS) is 18.5. The average molecular weight is 250 g/mol. The lowest BCUT2D eigenvalue weighted by Gasteiger charge is -2.16. The highest BCUT2D eigenvalue weighted by molar-refractivity contribution is 7.99. The van der Waals surface area contributed by atoms with Crippen LogP contribution in [0.1, 0.15) is 48.5 Å². The minimum Gasteiger partial charge on any atom is -0.388 e. The van der Waals surface area contributed by atoms with Crippen LogP contribution in [0.25, 0.3) is 0 Å². The number of aliphatic hydroxyl groups excluding tert-OH is 1. The molecule has 0 spiro atoms. The number of rotatable bonds is 4. The maximum Gasteiger partial charge on any atom is 0.0883 e. The van der Waals surface area contributed by atoms with Gasteiger partial charge < -0.3 is 5.11 Å². The maximum absolute atomic E-state index is 10.3. The lowest BCUT2D eigenvalue weighted by atomic mass is 10.0. The van der Waals surface area contributed by atoms with Crippen LogP contribution >= 0.6 is 11.8 Å². The summed E-state index contributed by atoms with van der Waals surface area (Å²) in [5.74, 6) is 0.842. The molecule has 1 aromatic rings. The van der Waals surface area contributed by atoms with Crippen molar-refractivity contribution in [2.24, 2.45) is 0 Å². The fourth-order valence-corrected chi connectivity index (χ4v) is 3.79. The quantitative estimate of drug-likeness (QED) is 0.871. The van der Waals surface area contributed by atoms with E-state index >= 15 is 0 Å². The highest BCUT2D eigenvalue weighted by Gasteiger charge is 2.18. The van der Waals surface area contributed by atoms with Crippen molar-refractivity contribution in [1.82, 2.24) is 0 Å². The van der Waals surface area contributed by atoms with E-state index < -0.39 is 0 Å². The Balaban J connectivity index is 1.93. The summed E-state index contributed by atoms with van der Waals surface area (Å²) in [6, 6.07) is 6.33. The highest BCUT2D eigenvalue weighted by atomic mass is 32.2. The molecule has 2 rings (SSSR count). The zero-order chi connectivity index (χ0) is 12.3. The fourth-order valence-electron chi connectivity index (χ4n) is 2.49. The van der Waals surface area contributed by atoms with Crippen LogP contribution in [0.3, 0.4) is 0 Å². The first-order valence-corrected chi connectivity index (χ1v) is 7.58. The SMILES string of the molecule is Cc1ccc(C)c(C(O)CSC2CCCC2)c1. The molecule has 2 heteroatoms. The first-order valence-electron chi connectivity index (χ1n) is 6.53. The predicted molar refractivity (Wildman–Crippen MR) is 75.6 cm³/mol. The van der Waals surface area contributed by atoms with Crippen LogP contribution < -0.4 is 0 Å². The van der Waals surface area contributed by atoms with Crippen molar-refractivity contribution in [3.05, 3.63) is 34.9 Å². The maximum atomic E-state index is 10.3. The van der Waals surface area contributed by atoms with Gasteiger partial charge in [0.2, 0.25) is 0 Å². The number of thioether (sulfide) groups is 1. The Hall–Kier alpha value is -0.470. The topological polar surface area (TPSA) is 20.2 Å². The van der Waals surface area contributed by atoms with Crippen molar-refractivity contribution in [2.75, 3.05) is 5.75 Å². The summed E-state index contributed by atoms with van der Waals surface area (Å²) in [5.41, 5.74) is 3.54. The van der Waals surface area contributed by atoms with Gasteiger partial charge >= 0.3 is 0 Å². The molecule has 0 bridgehead atoms. The molecular weight excluding hydrogens is 228 g/mol. The molecule has 0 aliphatic heterocycles. The summed E-state index contributed by atoms with van der Waals surface area (Å²) >= 11 is 1.95. The molecule has 1 atom stereocenters. The Bertz CT molecular complexity index is 369. The summed E-state index contributed by atoms with van der Waals surface area (Å²) in [5, 5.41) is 11.1. The van der Waals surface area contributed by atoms with Crippen LogP contribution in [0, 0.1) is 13.8 Å². The molecule has 1 aromatic carbocycles. The van der Waals surface area contributed by atoms with E-state index in [0.717, 1.165) is 16.6 Å². The van der Waals surface area contributed by atoms with Crippen LogP contribution in [-0.4, -0.2) is 16.1 Å². The third-order valence-corrected chi connectivity index (χ3v) is 5.04. The number of aliphatic hydroxyl groups is 1. The van der Waals surface area contributed by atoms with Gasteiger partial charge in [-0.25, -0.2) is 0 Å². The lowest BCUT2D eigenvalue weighted by Crippen LogP contribution is -2.06. The predicted octanol–water partition coefficient (Wildman–Crippen LogP) is 4.01. The molecule has 1 aliphatic rings.